The Bertz CT molecular complexity index is 1270. The van der Waals surface area contributed by atoms with E-state index in [2.05, 4.69) is 4.98 Å². The minimum absolute atomic E-state index is 0.0688. The minimum atomic E-state index is -5.35. The highest BCUT2D eigenvalue weighted by molar-refractivity contribution is 7.90. The number of benzene rings is 2. The van der Waals surface area contributed by atoms with E-state index < -0.39 is 15.5 Å². The maximum atomic E-state index is 12.8. The Labute approximate surface area is 182 Å². The number of halogens is 5. The number of hydrogen-bond donors (Lipinski definition) is 0. The standard InChI is InChI=1S/C17H12Cl2F3N3O3S2/c18-11-5-9(24-1-3-25(4-2-24)30(27,28)17(20,21)22)6-13-15(11)23-16-12(19)7-10(26)8-14(16)29-13/h5-8H,1-4H2. The van der Waals surface area contributed by atoms with E-state index in [1.165, 1.54) is 23.5 Å². The predicted octanol–water partition coefficient (Wildman–Crippen LogP) is 4.04. The summed E-state index contributed by atoms with van der Waals surface area (Å²) >= 11 is 13.8. The summed E-state index contributed by atoms with van der Waals surface area (Å²) in [7, 11) is -5.35. The second-order valence-corrected chi connectivity index (χ2v) is 10.4. The van der Waals surface area contributed by atoms with Crippen LogP contribution in [0.15, 0.2) is 29.1 Å². The third kappa shape index (κ3) is 3.73. The first-order chi connectivity index (χ1) is 14.0. The Balaban J connectivity index is 1.67. The van der Waals surface area contributed by atoms with Gasteiger partial charge in [-0.2, -0.15) is 17.5 Å². The molecule has 6 nitrogen and oxygen atoms in total. The average molecular weight is 498 g/mol. The van der Waals surface area contributed by atoms with E-state index in [1.807, 2.05) is 0 Å². The first-order valence-electron chi connectivity index (χ1n) is 8.52. The third-order valence-electron chi connectivity index (χ3n) is 4.69. The zero-order valence-electron chi connectivity index (χ0n) is 14.9. The summed E-state index contributed by atoms with van der Waals surface area (Å²) in [6, 6.07) is 6.07. The van der Waals surface area contributed by atoms with Crippen molar-refractivity contribution < 1.29 is 21.6 Å². The Morgan fingerprint density at radius 2 is 1.67 bits per heavy atom. The number of rotatable bonds is 2. The van der Waals surface area contributed by atoms with Crippen molar-refractivity contribution in [2.24, 2.45) is 0 Å². The van der Waals surface area contributed by atoms with Crippen LogP contribution < -0.4 is 10.3 Å². The molecule has 4 rings (SSSR count). The van der Waals surface area contributed by atoms with Gasteiger partial charge in [-0.1, -0.05) is 23.2 Å². The summed E-state index contributed by atoms with van der Waals surface area (Å²) in [5, 5.41) is 0.533. The average Bonchev–Trinajstić information content (AvgIpc) is 2.66. The van der Waals surface area contributed by atoms with Gasteiger partial charge in [0.1, 0.15) is 0 Å². The Hall–Kier alpha value is -1.66. The first kappa shape index (κ1) is 21.6. The van der Waals surface area contributed by atoms with Crippen LogP contribution in [0.2, 0.25) is 10.0 Å². The number of piperazine rings is 1. The molecule has 0 atom stereocenters. The normalized spacial score (nSPS) is 16.5. The van der Waals surface area contributed by atoms with Crippen LogP contribution in [0.25, 0.3) is 20.8 Å². The van der Waals surface area contributed by atoms with Gasteiger partial charge < -0.3 is 4.90 Å². The van der Waals surface area contributed by atoms with Crippen LogP contribution >= 0.6 is 34.5 Å². The van der Waals surface area contributed by atoms with Gasteiger partial charge in [-0.25, -0.2) is 13.4 Å². The smallest absolute Gasteiger partial charge is 0.369 e. The van der Waals surface area contributed by atoms with Gasteiger partial charge in [0.05, 0.1) is 30.8 Å². The fraction of sp³-hybridized carbons (Fsp3) is 0.294. The highest BCUT2D eigenvalue weighted by atomic mass is 35.5. The van der Waals surface area contributed by atoms with Crippen LogP contribution in [-0.4, -0.2) is 49.4 Å². The zero-order valence-corrected chi connectivity index (χ0v) is 18.1. The van der Waals surface area contributed by atoms with Crippen molar-refractivity contribution in [2.45, 2.75) is 5.51 Å². The highest BCUT2D eigenvalue weighted by Gasteiger charge is 2.50. The molecule has 0 saturated carbocycles. The molecule has 0 spiro atoms. The van der Waals surface area contributed by atoms with E-state index >= 15 is 0 Å². The number of aromatic nitrogens is 1. The molecule has 2 aliphatic heterocycles. The van der Waals surface area contributed by atoms with Gasteiger partial charge in [-0.15, -0.1) is 11.3 Å². The van der Waals surface area contributed by atoms with Crippen LogP contribution in [0.3, 0.4) is 0 Å². The van der Waals surface area contributed by atoms with E-state index in [0.29, 0.717) is 35.8 Å². The molecule has 1 aromatic rings. The lowest BCUT2D eigenvalue weighted by molar-refractivity contribution is -0.0490. The molecule has 1 fully saturated rings. The monoisotopic (exact) mass is 497 g/mol. The van der Waals surface area contributed by atoms with Crippen molar-refractivity contribution >= 4 is 60.5 Å². The van der Waals surface area contributed by atoms with Crippen molar-refractivity contribution in [1.29, 1.82) is 0 Å². The van der Waals surface area contributed by atoms with Crippen LogP contribution in [0.5, 0.6) is 0 Å². The van der Waals surface area contributed by atoms with Crippen molar-refractivity contribution in [3.05, 3.63) is 44.5 Å². The van der Waals surface area contributed by atoms with Crippen molar-refractivity contribution in [1.82, 2.24) is 9.29 Å². The first-order valence-corrected chi connectivity index (χ1v) is 11.5. The molecule has 3 aliphatic rings. The number of sulfonamides is 1. The van der Waals surface area contributed by atoms with Gasteiger partial charge >= 0.3 is 15.5 Å². The van der Waals surface area contributed by atoms with E-state index in [1.54, 1.807) is 17.0 Å². The number of anilines is 1. The molecular formula is C17H12Cl2F3N3O3S2. The second-order valence-electron chi connectivity index (χ2n) is 6.58. The molecule has 0 bridgehead atoms. The van der Waals surface area contributed by atoms with E-state index in [-0.39, 0.29) is 36.6 Å². The molecule has 0 unspecified atom stereocenters. The summed E-state index contributed by atoms with van der Waals surface area (Å²) in [4.78, 5) is 18.5. The molecule has 1 aliphatic carbocycles. The van der Waals surface area contributed by atoms with Crippen molar-refractivity contribution in [3.8, 4) is 10.6 Å². The van der Waals surface area contributed by atoms with Crippen LogP contribution in [-0.2, 0) is 10.0 Å². The quantitative estimate of drug-likeness (QED) is 0.499. The molecule has 13 heteroatoms. The van der Waals surface area contributed by atoms with Crippen molar-refractivity contribution in [3.63, 3.8) is 0 Å². The molecule has 1 saturated heterocycles. The van der Waals surface area contributed by atoms with Crippen LogP contribution in [0.1, 0.15) is 0 Å². The molecule has 1 aromatic carbocycles. The van der Waals surface area contributed by atoms with E-state index in [4.69, 9.17) is 23.2 Å². The lowest BCUT2D eigenvalue weighted by Crippen LogP contribution is -2.52. The van der Waals surface area contributed by atoms with E-state index in [0.717, 1.165) is 0 Å². The maximum Gasteiger partial charge on any atom is 0.511 e. The Kier molecular flexibility index (Phi) is 5.38. The van der Waals surface area contributed by atoms with Gasteiger partial charge in [0.25, 0.3) is 0 Å². The number of nitrogens with zero attached hydrogens (tertiary/aromatic N) is 3. The van der Waals surface area contributed by atoms with Gasteiger partial charge in [-0.05, 0) is 12.1 Å². The molecule has 0 N–H and O–H groups in total. The summed E-state index contributed by atoms with van der Waals surface area (Å²) in [6.07, 6.45) is 0. The maximum absolute atomic E-state index is 12.8. The molecule has 0 amide bonds. The van der Waals surface area contributed by atoms with E-state index in [9.17, 15) is 26.4 Å². The van der Waals surface area contributed by atoms with Gasteiger partial charge in [0.15, 0.2) is 5.43 Å². The fourth-order valence-corrected chi connectivity index (χ4v) is 5.88. The predicted molar refractivity (Wildman–Crippen MR) is 111 cm³/mol. The summed E-state index contributed by atoms with van der Waals surface area (Å²) in [5.41, 5.74) is -4.02. The largest absolute Gasteiger partial charge is 0.511 e. The fourth-order valence-electron chi connectivity index (χ4n) is 3.23. The number of fused-ring (bicyclic) bond motifs is 2. The number of hydrogen-bond acceptors (Lipinski definition) is 6. The summed E-state index contributed by atoms with van der Waals surface area (Å²) < 4.78 is 62.5. The summed E-state index contributed by atoms with van der Waals surface area (Å²) in [5.74, 6) is 0. The topological polar surface area (TPSA) is 70.6 Å². The van der Waals surface area contributed by atoms with Crippen LogP contribution in [0, 0.1) is 0 Å². The molecule has 2 heterocycles. The minimum Gasteiger partial charge on any atom is -0.369 e. The Morgan fingerprint density at radius 1 is 1.00 bits per heavy atom. The molecule has 30 heavy (non-hydrogen) atoms. The van der Waals surface area contributed by atoms with Crippen molar-refractivity contribution in [2.75, 3.05) is 31.1 Å². The number of alkyl halides is 3. The lowest BCUT2D eigenvalue weighted by atomic mass is 10.2. The van der Waals surface area contributed by atoms with Gasteiger partial charge in [0.2, 0.25) is 0 Å². The molecule has 0 aromatic heterocycles. The molecule has 160 valence electrons. The highest BCUT2D eigenvalue weighted by Crippen LogP contribution is 2.39. The van der Waals surface area contributed by atoms with Gasteiger partial charge in [0, 0.05) is 44.0 Å². The zero-order chi connectivity index (χ0) is 21.8. The molecular weight excluding hydrogens is 486 g/mol. The Morgan fingerprint density at radius 3 is 2.30 bits per heavy atom. The van der Waals surface area contributed by atoms with Crippen LogP contribution in [0.4, 0.5) is 18.9 Å². The lowest BCUT2D eigenvalue weighted by Gasteiger charge is -2.35. The SMILES string of the molecule is O=c1cc2sc3cc(N4CCN(S(=O)(=O)C(F)(F)F)CC4)cc(Cl)c3nc-2c(Cl)c1. The third-order valence-corrected chi connectivity index (χ3v) is 7.96. The van der Waals surface area contributed by atoms with Gasteiger partial charge in [-0.3, -0.25) is 4.79 Å². The molecule has 0 radical (unpaired) electrons. The second kappa shape index (κ2) is 7.49. The summed E-state index contributed by atoms with van der Waals surface area (Å²) in [6.45, 7) is -0.461.